The SMILES string of the molecule is NCCCC(=O)N1CCc2c(OCC(=O)O)c([N+](=O)[O-])cc([N+](=O)[O-])c21. The number of hydrogen-bond acceptors (Lipinski definition) is 8. The minimum Gasteiger partial charge on any atom is -0.479 e. The van der Waals surface area contributed by atoms with Gasteiger partial charge < -0.3 is 20.5 Å². The number of carbonyl (C=O) groups excluding carboxylic acids is 1. The van der Waals surface area contributed by atoms with Crippen LogP contribution in [0, 0.1) is 20.2 Å². The van der Waals surface area contributed by atoms with Crippen LogP contribution >= 0.6 is 0 Å². The van der Waals surface area contributed by atoms with Crippen LogP contribution in [-0.2, 0) is 16.0 Å². The summed E-state index contributed by atoms with van der Waals surface area (Å²) in [6.45, 7) is -0.516. The molecule has 0 radical (unpaired) electrons. The second kappa shape index (κ2) is 7.74. The van der Waals surface area contributed by atoms with Crippen LogP contribution in [0.15, 0.2) is 6.07 Å². The van der Waals surface area contributed by atoms with Crippen molar-refractivity contribution >= 4 is 28.9 Å². The highest BCUT2D eigenvalue weighted by Gasteiger charge is 2.39. The first-order valence-corrected chi connectivity index (χ1v) is 7.61. The lowest BCUT2D eigenvalue weighted by atomic mass is 10.1. The van der Waals surface area contributed by atoms with Crippen molar-refractivity contribution < 1.29 is 29.3 Å². The zero-order valence-corrected chi connectivity index (χ0v) is 13.5. The molecule has 12 nitrogen and oxygen atoms in total. The van der Waals surface area contributed by atoms with Gasteiger partial charge in [0.1, 0.15) is 11.8 Å². The molecule has 12 heteroatoms. The maximum absolute atomic E-state index is 12.3. The number of rotatable bonds is 8. The molecule has 0 bridgehead atoms. The molecule has 0 saturated carbocycles. The third kappa shape index (κ3) is 3.69. The smallest absolute Gasteiger partial charge is 0.341 e. The van der Waals surface area contributed by atoms with Crippen molar-refractivity contribution in [3.05, 3.63) is 31.9 Å². The van der Waals surface area contributed by atoms with Gasteiger partial charge in [0.15, 0.2) is 6.61 Å². The van der Waals surface area contributed by atoms with Crippen LogP contribution in [0.25, 0.3) is 0 Å². The Bertz CT molecular complexity index is 779. The van der Waals surface area contributed by atoms with E-state index in [4.69, 9.17) is 15.6 Å². The van der Waals surface area contributed by atoms with Crippen molar-refractivity contribution in [1.82, 2.24) is 0 Å². The lowest BCUT2D eigenvalue weighted by molar-refractivity contribution is -0.394. The summed E-state index contributed by atoms with van der Waals surface area (Å²) in [5, 5.41) is 31.4. The Morgan fingerprint density at radius 3 is 2.46 bits per heavy atom. The van der Waals surface area contributed by atoms with E-state index < -0.39 is 39.7 Å². The second-order valence-corrected chi connectivity index (χ2v) is 5.46. The summed E-state index contributed by atoms with van der Waals surface area (Å²) < 4.78 is 5.02. The highest BCUT2D eigenvalue weighted by Crippen LogP contribution is 2.47. The third-order valence-electron chi connectivity index (χ3n) is 3.79. The van der Waals surface area contributed by atoms with Crippen molar-refractivity contribution in [2.45, 2.75) is 19.3 Å². The fourth-order valence-corrected chi connectivity index (χ4v) is 2.76. The van der Waals surface area contributed by atoms with Crippen LogP contribution in [-0.4, -0.2) is 46.5 Å². The standard InChI is InChI=1S/C14H16N4O8/c15-4-1-2-11(19)16-5-3-8-13(16)9(17(22)23)6-10(18(24)25)14(8)26-7-12(20)21/h6H,1-5,7,15H2,(H,20,21). The fraction of sp³-hybridized carbons (Fsp3) is 0.429. The van der Waals surface area contributed by atoms with Gasteiger partial charge in [-0.05, 0) is 19.4 Å². The van der Waals surface area contributed by atoms with E-state index in [-0.39, 0.29) is 42.9 Å². The molecule has 140 valence electrons. The quantitative estimate of drug-likeness (QED) is 0.490. The molecule has 1 aromatic rings. The van der Waals surface area contributed by atoms with Gasteiger partial charge in [0.2, 0.25) is 11.7 Å². The summed E-state index contributed by atoms with van der Waals surface area (Å²) >= 11 is 0. The normalized spacial score (nSPS) is 12.6. The third-order valence-corrected chi connectivity index (χ3v) is 3.79. The van der Waals surface area contributed by atoms with E-state index in [9.17, 15) is 29.8 Å². The van der Waals surface area contributed by atoms with E-state index in [1.807, 2.05) is 0 Å². The van der Waals surface area contributed by atoms with Crippen molar-refractivity contribution in [3.63, 3.8) is 0 Å². The first-order valence-electron chi connectivity index (χ1n) is 7.61. The van der Waals surface area contributed by atoms with Gasteiger partial charge >= 0.3 is 11.7 Å². The fourth-order valence-electron chi connectivity index (χ4n) is 2.76. The molecule has 1 aliphatic heterocycles. The van der Waals surface area contributed by atoms with Gasteiger partial charge in [-0.1, -0.05) is 0 Å². The predicted molar refractivity (Wildman–Crippen MR) is 87.2 cm³/mol. The summed E-state index contributed by atoms with van der Waals surface area (Å²) in [6, 6.07) is 0.685. The van der Waals surface area contributed by atoms with Crippen LogP contribution < -0.4 is 15.4 Å². The number of aliphatic carboxylic acids is 1. The van der Waals surface area contributed by atoms with Crippen molar-refractivity contribution in [1.29, 1.82) is 0 Å². The Kier molecular flexibility index (Phi) is 5.67. The zero-order valence-electron chi connectivity index (χ0n) is 13.5. The molecule has 0 unspecified atom stereocenters. The largest absolute Gasteiger partial charge is 0.479 e. The molecular weight excluding hydrogens is 352 g/mol. The molecule has 0 aliphatic carbocycles. The molecule has 1 aliphatic rings. The molecule has 0 aromatic heterocycles. The molecule has 0 atom stereocenters. The minimum absolute atomic E-state index is 0.0649. The molecule has 2 rings (SSSR count). The summed E-state index contributed by atoms with van der Waals surface area (Å²) in [5.74, 6) is -2.14. The van der Waals surface area contributed by atoms with Crippen LogP contribution in [0.2, 0.25) is 0 Å². The molecule has 1 heterocycles. The Morgan fingerprint density at radius 2 is 1.92 bits per heavy atom. The summed E-state index contributed by atoms with van der Waals surface area (Å²) in [6.07, 6.45) is 0.518. The number of carbonyl (C=O) groups is 2. The monoisotopic (exact) mass is 368 g/mol. The van der Waals surface area contributed by atoms with Crippen LogP contribution in [0.3, 0.4) is 0 Å². The number of ether oxygens (including phenoxy) is 1. The van der Waals surface area contributed by atoms with Crippen molar-refractivity contribution in [2.75, 3.05) is 24.6 Å². The lowest BCUT2D eigenvalue weighted by Gasteiger charge is -2.18. The van der Waals surface area contributed by atoms with Crippen LogP contribution in [0.5, 0.6) is 5.75 Å². The van der Waals surface area contributed by atoms with E-state index in [0.717, 1.165) is 0 Å². The summed E-state index contributed by atoms with van der Waals surface area (Å²) in [4.78, 5) is 45.2. The number of fused-ring (bicyclic) bond motifs is 1. The lowest BCUT2D eigenvalue weighted by Crippen LogP contribution is -2.29. The highest BCUT2D eigenvalue weighted by atomic mass is 16.6. The van der Waals surface area contributed by atoms with Gasteiger partial charge in [-0.2, -0.15) is 0 Å². The molecule has 0 saturated heterocycles. The first-order chi connectivity index (χ1) is 12.3. The van der Waals surface area contributed by atoms with E-state index in [2.05, 4.69) is 0 Å². The average Bonchev–Trinajstić information content (AvgIpc) is 3.01. The van der Waals surface area contributed by atoms with E-state index in [1.54, 1.807) is 0 Å². The van der Waals surface area contributed by atoms with Gasteiger partial charge in [0, 0.05) is 18.5 Å². The first kappa shape index (κ1) is 19.1. The number of hydrogen-bond donors (Lipinski definition) is 2. The van der Waals surface area contributed by atoms with Gasteiger partial charge in [-0.25, -0.2) is 4.79 Å². The number of benzene rings is 1. The predicted octanol–water partition coefficient (Wildman–Crippen LogP) is 0.594. The Morgan fingerprint density at radius 1 is 1.27 bits per heavy atom. The van der Waals surface area contributed by atoms with E-state index in [1.165, 1.54) is 4.90 Å². The molecular formula is C14H16N4O8. The molecule has 0 fully saturated rings. The Hall–Kier alpha value is -3.28. The molecule has 3 N–H and O–H groups in total. The van der Waals surface area contributed by atoms with Crippen LogP contribution in [0.4, 0.5) is 17.1 Å². The number of nitro benzene ring substituents is 2. The number of nitro groups is 2. The highest BCUT2D eigenvalue weighted by molar-refractivity contribution is 5.99. The van der Waals surface area contributed by atoms with Crippen molar-refractivity contribution in [2.24, 2.45) is 5.73 Å². The van der Waals surface area contributed by atoms with Gasteiger partial charge in [-0.15, -0.1) is 0 Å². The van der Waals surface area contributed by atoms with Gasteiger partial charge in [0.25, 0.3) is 5.69 Å². The number of amides is 1. The van der Waals surface area contributed by atoms with Gasteiger partial charge in [0.05, 0.1) is 9.85 Å². The minimum atomic E-state index is -1.36. The van der Waals surface area contributed by atoms with Crippen molar-refractivity contribution in [3.8, 4) is 5.75 Å². The maximum Gasteiger partial charge on any atom is 0.341 e. The average molecular weight is 368 g/mol. The zero-order chi connectivity index (χ0) is 19.4. The number of carboxylic acid groups (broad SMARTS) is 1. The number of anilines is 1. The Labute approximate surface area is 146 Å². The molecule has 1 aromatic carbocycles. The van der Waals surface area contributed by atoms with E-state index in [0.29, 0.717) is 12.5 Å². The second-order valence-electron chi connectivity index (χ2n) is 5.46. The molecule has 1 amide bonds. The Balaban J connectivity index is 2.59. The summed E-state index contributed by atoms with van der Waals surface area (Å²) in [7, 11) is 0. The van der Waals surface area contributed by atoms with Gasteiger partial charge in [-0.3, -0.25) is 25.0 Å². The van der Waals surface area contributed by atoms with E-state index >= 15 is 0 Å². The van der Waals surface area contributed by atoms with Crippen LogP contribution in [0.1, 0.15) is 18.4 Å². The topological polar surface area (TPSA) is 179 Å². The number of nitrogens with zero attached hydrogens (tertiary/aromatic N) is 3. The molecule has 26 heavy (non-hydrogen) atoms. The number of carboxylic acids is 1. The number of nitrogens with two attached hydrogens (primary N) is 1. The maximum atomic E-state index is 12.3. The molecule has 0 spiro atoms. The summed E-state index contributed by atoms with van der Waals surface area (Å²) in [5.41, 5.74) is 4.03.